The predicted molar refractivity (Wildman–Crippen MR) is 111 cm³/mol. The minimum atomic E-state index is -0.257. The Bertz CT molecular complexity index is 1160. The van der Waals surface area contributed by atoms with E-state index in [1.54, 1.807) is 11.8 Å². The lowest BCUT2D eigenvalue weighted by atomic mass is 9.90. The van der Waals surface area contributed by atoms with Gasteiger partial charge in [-0.1, -0.05) is 6.07 Å². The number of methoxy groups -OCH3 is 1. The third-order valence-corrected chi connectivity index (χ3v) is 5.55. The summed E-state index contributed by atoms with van der Waals surface area (Å²) in [4.78, 5) is 13.7. The topological polar surface area (TPSA) is 104 Å². The highest BCUT2D eigenvalue weighted by Crippen LogP contribution is 2.50. The van der Waals surface area contributed by atoms with Gasteiger partial charge in [0.05, 0.1) is 12.8 Å². The Morgan fingerprint density at radius 1 is 1.29 bits per heavy atom. The normalized spacial score (nSPS) is 17.3. The highest BCUT2D eigenvalue weighted by atomic mass is 16.7. The van der Waals surface area contributed by atoms with E-state index in [4.69, 9.17) is 14.2 Å². The average molecular weight is 422 g/mol. The average Bonchev–Trinajstić information content (AvgIpc) is 3.41. The van der Waals surface area contributed by atoms with Crippen LogP contribution in [-0.4, -0.2) is 58.5 Å². The molecule has 0 saturated heterocycles. The molecule has 0 bridgehead atoms. The van der Waals surface area contributed by atoms with Crippen molar-refractivity contribution in [1.29, 1.82) is 0 Å². The van der Waals surface area contributed by atoms with Crippen LogP contribution < -0.4 is 19.5 Å². The molecule has 2 aliphatic rings. The van der Waals surface area contributed by atoms with Crippen molar-refractivity contribution >= 4 is 11.6 Å². The quantitative estimate of drug-likeness (QED) is 0.680. The van der Waals surface area contributed by atoms with E-state index < -0.39 is 0 Å². The molecular weight excluding hydrogens is 400 g/mol. The molecule has 0 spiro atoms. The summed E-state index contributed by atoms with van der Waals surface area (Å²) in [5, 5.41) is 15.4. The molecular formula is C21H22N6O4. The van der Waals surface area contributed by atoms with Gasteiger partial charge in [-0.05, 0) is 53.7 Å². The van der Waals surface area contributed by atoms with E-state index in [-0.39, 0.29) is 18.7 Å². The maximum atomic E-state index is 11.5. The van der Waals surface area contributed by atoms with Crippen LogP contribution in [0.1, 0.15) is 29.9 Å². The van der Waals surface area contributed by atoms with Crippen molar-refractivity contribution in [3.63, 3.8) is 0 Å². The van der Waals surface area contributed by atoms with Crippen molar-refractivity contribution in [2.24, 2.45) is 0 Å². The standard InChI is InChI=1S/C21H22N6O4/c1-12(28)22-14-5-4-6-15(10-14)27-21(23-24-25-27)18-17-13(7-8-26(18)2)9-16-19(20(17)29-3)31-11-30-16/h4-6,9-10,18H,7-8,11H2,1-3H3,(H,22,28). The second-order valence-electron chi connectivity index (χ2n) is 7.53. The van der Waals surface area contributed by atoms with Crippen molar-refractivity contribution in [2.45, 2.75) is 19.4 Å². The van der Waals surface area contributed by atoms with Gasteiger partial charge in [0.1, 0.15) is 6.04 Å². The lowest BCUT2D eigenvalue weighted by Gasteiger charge is -2.34. The van der Waals surface area contributed by atoms with Crippen LogP contribution in [0.2, 0.25) is 0 Å². The monoisotopic (exact) mass is 422 g/mol. The molecule has 10 nitrogen and oxygen atoms in total. The zero-order valence-electron chi connectivity index (χ0n) is 17.5. The molecule has 1 unspecified atom stereocenters. The van der Waals surface area contributed by atoms with Gasteiger partial charge < -0.3 is 19.5 Å². The number of carbonyl (C=O) groups excluding carboxylic acids is 1. The number of anilines is 1. The molecule has 5 rings (SSSR count). The Morgan fingerprint density at radius 3 is 2.97 bits per heavy atom. The van der Waals surface area contributed by atoms with Gasteiger partial charge in [0, 0.05) is 24.7 Å². The zero-order valence-corrected chi connectivity index (χ0v) is 17.5. The molecule has 0 saturated carbocycles. The summed E-state index contributed by atoms with van der Waals surface area (Å²) < 4.78 is 18.8. The fraction of sp³-hybridized carbons (Fsp3) is 0.333. The summed E-state index contributed by atoms with van der Waals surface area (Å²) in [6.07, 6.45) is 0.842. The van der Waals surface area contributed by atoms with Crippen LogP contribution in [-0.2, 0) is 11.2 Å². The van der Waals surface area contributed by atoms with Crippen LogP contribution in [0, 0.1) is 0 Å². The summed E-state index contributed by atoms with van der Waals surface area (Å²) >= 11 is 0. The summed E-state index contributed by atoms with van der Waals surface area (Å²) in [5.74, 6) is 2.44. The Balaban J connectivity index is 1.64. The van der Waals surface area contributed by atoms with Gasteiger partial charge in [0.2, 0.25) is 18.4 Å². The number of carbonyl (C=O) groups is 1. The van der Waals surface area contributed by atoms with E-state index in [9.17, 15) is 4.79 Å². The number of aromatic nitrogens is 4. The Labute approximate surface area is 178 Å². The third kappa shape index (κ3) is 3.25. The van der Waals surface area contributed by atoms with Crippen LogP contribution in [0.5, 0.6) is 17.2 Å². The van der Waals surface area contributed by atoms with Crippen molar-refractivity contribution in [3.8, 4) is 22.9 Å². The summed E-state index contributed by atoms with van der Waals surface area (Å²) in [6, 6.07) is 9.16. The van der Waals surface area contributed by atoms with Gasteiger partial charge in [0.25, 0.3) is 0 Å². The highest BCUT2D eigenvalue weighted by molar-refractivity contribution is 5.88. The minimum Gasteiger partial charge on any atom is -0.492 e. The largest absolute Gasteiger partial charge is 0.492 e. The SMILES string of the molecule is COc1c2c(cc3c1C(c1nnnn1-c1cccc(NC(C)=O)c1)N(C)CC3)OCO2. The number of fused-ring (bicyclic) bond motifs is 2. The molecule has 2 aromatic carbocycles. The van der Waals surface area contributed by atoms with Crippen molar-refractivity contribution < 1.29 is 19.0 Å². The molecule has 0 aliphatic carbocycles. The lowest BCUT2D eigenvalue weighted by Crippen LogP contribution is -2.35. The van der Waals surface area contributed by atoms with E-state index in [1.165, 1.54) is 6.92 Å². The van der Waals surface area contributed by atoms with Crippen molar-refractivity contribution in [1.82, 2.24) is 25.1 Å². The number of amides is 1. The number of tetrazole rings is 1. The second-order valence-corrected chi connectivity index (χ2v) is 7.53. The molecule has 0 fully saturated rings. The van der Waals surface area contributed by atoms with Gasteiger partial charge >= 0.3 is 0 Å². The molecule has 0 radical (unpaired) electrons. The molecule has 1 aromatic heterocycles. The second kappa shape index (κ2) is 7.55. The number of nitrogens with one attached hydrogen (secondary N) is 1. The lowest BCUT2D eigenvalue weighted by molar-refractivity contribution is -0.114. The van der Waals surface area contributed by atoms with Crippen LogP contribution in [0.25, 0.3) is 5.69 Å². The van der Waals surface area contributed by atoms with Gasteiger partial charge in [0.15, 0.2) is 17.3 Å². The van der Waals surface area contributed by atoms with Crippen molar-refractivity contribution in [3.05, 3.63) is 47.3 Å². The number of benzene rings is 2. The molecule has 3 aromatic rings. The van der Waals surface area contributed by atoms with Crippen molar-refractivity contribution in [2.75, 3.05) is 32.8 Å². The molecule has 1 N–H and O–H groups in total. The smallest absolute Gasteiger partial charge is 0.231 e. The van der Waals surface area contributed by atoms with E-state index in [0.717, 1.165) is 29.8 Å². The molecule has 3 heterocycles. The van der Waals surface area contributed by atoms with Crippen LogP contribution in [0.15, 0.2) is 30.3 Å². The minimum absolute atomic E-state index is 0.143. The van der Waals surface area contributed by atoms with Gasteiger partial charge in [-0.2, -0.15) is 4.68 Å². The summed E-state index contributed by atoms with van der Waals surface area (Å²) in [7, 11) is 3.66. The summed E-state index contributed by atoms with van der Waals surface area (Å²) in [5.41, 5.74) is 3.50. The van der Waals surface area contributed by atoms with E-state index >= 15 is 0 Å². The number of nitrogens with zero attached hydrogens (tertiary/aromatic N) is 5. The van der Waals surface area contributed by atoms with Gasteiger partial charge in [-0.3, -0.25) is 9.69 Å². The molecule has 2 aliphatic heterocycles. The first-order valence-electron chi connectivity index (χ1n) is 9.92. The number of likely N-dealkylation sites (N-methyl/N-ethyl adjacent to an activating group) is 1. The number of hydrogen-bond donors (Lipinski definition) is 1. The third-order valence-electron chi connectivity index (χ3n) is 5.55. The van der Waals surface area contributed by atoms with Crippen LogP contribution >= 0.6 is 0 Å². The summed E-state index contributed by atoms with van der Waals surface area (Å²) in [6.45, 7) is 2.46. The molecule has 1 amide bonds. The molecule has 1 atom stereocenters. The first kappa shape index (κ1) is 19.3. The Morgan fingerprint density at radius 2 is 2.16 bits per heavy atom. The van der Waals surface area contributed by atoms with Crippen LogP contribution in [0.4, 0.5) is 5.69 Å². The number of ether oxygens (including phenoxy) is 3. The maximum absolute atomic E-state index is 11.5. The zero-order chi connectivity index (χ0) is 21.5. The van der Waals surface area contributed by atoms with Crippen LogP contribution in [0.3, 0.4) is 0 Å². The molecule has 10 heteroatoms. The van der Waals surface area contributed by atoms with Gasteiger partial charge in [-0.15, -0.1) is 5.10 Å². The number of rotatable bonds is 4. The molecule has 160 valence electrons. The predicted octanol–water partition coefficient (Wildman–Crippen LogP) is 1.94. The maximum Gasteiger partial charge on any atom is 0.231 e. The Kier molecular flexibility index (Phi) is 4.70. The van der Waals surface area contributed by atoms with E-state index in [2.05, 4.69) is 25.7 Å². The fourth-order valence-electron chi connectivity index (χ4n) is 4.23. The Hall–Kier alpha value is -3.66. The molecule has 31 heavy (non-hydrogen) atoms. The van der Waals surface area contributed by atoms with E-state index in [0.29, 0.717) is 28.8 Å². The highest BCUT2D eigenvalue weighted by Gasteiger charge is 2.37. The fourth-order valence-corrected chi connectivity index (χ4v) is 4.23. The van der Waals surface area contributed by atoms with E-state index in [1.807, 2.05) is 37.4 Å². The van der Waals surface area contributed by atoms with Gasteiger partial charge in [-0.25, -0.2) is 0 Å². The number of hydrogen-bond acceptors (Lipinski definition) is 8. The first-order chi connectivity index (χ1) is 15.1. The first-order valence-corrected chi connectivity index (χ1v) is 9.92.